The Labute approximate surface area is 155 Å². The number of ether oxygens (including phenoxy) is 2. The van der Waals surface area contributed by atoms with E-state index < -0.39 is 0 Å². The van der Waals surface area contributed by atoms with E-state index in [-0.39, 0.29) is 5.91 Å². The summed E-state index contributed by atoms with van der Waals surface area (Å²) in [5.74, 6) is 1.67. The second kappa shape index (κ2) is 8.26. The van der Waals surface area contributed by atoms with Gasteiger partial charge in [-0.1, -0.05) is 6.07 Å². The molecule has 0 aliphatic carbocycles. The van der Waals surface area contributed by atoms with Crippen LogP contribution in [-0.2, 0) is 6.61 Å². The molecule has 0 unspecified atom stereocenters. The van der Waals surface area contributed by atoms with Gasteiger partial charge >= 0.3 is 0 Å². The van der Waals surface area contributed by atoms with Gasteiger partial charge in [0.05, 0.1) is 7.11 Å². The Hall–Kier alpha value is -2.49. The smallest absolute Gasteiger partial charge is 0.253 e. The average Bonchev–Trinajstić information content (AvgIpc) is 2.65. The maximum atomic E-state index is 12.8. The molecule has 1 saturated heterocycles. The molecule has 2 aromatic rings. The Morgan fingerprint density at radius 1 is 1.00 bits per heavy atom. The predicted octanol–water partition coefficient (Wildman–Crippen LogP) is 4.52. The summed E-state index contributed by atoms with van der Waals surface area (Å²) in [5.41, 5.74) is 3.92. The van der Waals surface area contributed by atoms with Crippen molar-refractivity contribution in [3.63, 3.8) is 0 Å². The third-order valence-electron chi connectivity index (χ3n) is 4.76. The van der Waals surface area contributed by atoms with Crippen LogP contribution in [0.5, 0.6) is 11.5 Å². The standard InChI is InChI=1S/C22H27NO3/c1-16-11-17(2)13-20(12-16)26-15-19-14-18(7-8-21(19)25-3)22(24)23-9-5-4-6-10-23/h7-8,11-14H,4-6,9-10,15H2,1-3H3. The lowest BCUT2D eigenvalue weighted by Gasteiger charge is -2.27. The molecule has 3 rings (SSSR count). The van der Waals surface area contributed by atoms with Crippen molar-refractivity contribution in [2.45, 2.75) is 39.7 Å². The fourth-order valence-corrected chi connectivity index (χ4v) is 3.48. The number of hydrogen-bond acceptors (Lipinski definition) is 3. The van der Waals surface area contributed by atoms with Gasteiger partial charge in [0, 0.05) is 24.2 Å². The summed E-state index contributed by atoms with van der Waals surface area (Å²) in [4.78, 5) is 14.7. The van der Waals surface area contributed by atoms with E-state index >= 15 is 0 Å². The third kappa shape index (κ3) is 4.37. The summed E-state index contributed by atoms with van der Waals surface area (Å²) >= 11 is 0. The monoisotopic (exact) mass is 353 g/mol. The Kier molecular flexibility index (Phi) is 5.82. The number of rotatable bonds is 5. The molecule has 138 valence electrons. The molecule has 1 aliphatic rings. The van der Waals surface area contributed by atoms with Crippen LogP contribution in [0.15, 0.2) is 36.4 Å². The lowest BCUT2D eigenvalue weighted by molar-refractivity contribution is 0.0724. The van der Waals surface area contributed by atoms with Gasteiger partial charge in [-0.15, -0.1) is 0 Å². The third-order valence-corrected chi connectivity index (χ3v) is 4.76. The minimum Gasteiger partial charge on any atom is -0.496 e. The molecule has 0 atom stereocenters. The maximum Gasteiger partial charge on any atom is 0.253 e. The molecule has 1 amide bonds. The lowest BCUT2D eigenvalue weighted by atomic mass is 10.1. The zero-order valence-electron chi connectivity index (χ0n) is 15.9. The number of carbonyl (C=O) groups is 1. The second-order valence-corrected chi connectivity index (χ2v) is 6.99. The van der Waals surface area contributed by atoms with Gasteiger partial charge in [-0.3, -0.25) is 4.79 Å². The van der Waals surface area contributed by atoms with Gasteiger partial charge in [0.2, 0.25) is 0 Å². The fraction of sp³-hybridized carbons (Fsp3) is 0.409. The van der Waals surface area contributed by atoms with Crippen LogP contribution in [0.2, 0.25) is 0 Å². The summed E-state index contributed by atoms with van der Waals surface area (Å²) in [6, 6.07) is 11.8. The lowest BCUT2D eigenvalue weighted by Crippen LogP contribution is -2.35. The first kappa shape index (κ1) is 18.3. The summed E-state index contributed by atoms with van der Waals surface area (Å²) in [6.45, 7) is 6.17. The molecule has 1 aliphatic heterocycles. The molecule has 0 spiro atoms. The molecule has 0 radical (unpaired) electrons. The SMILES string of the molecule is COc1ccc(C(=O)N2CCCCC2)cc1COc1cc(C)cc(C)c1. The highest BCUT2D eigenvalue weighted by molar-refractivity contribution is 5.94. The van der Waals surface area contributed by atoms with Crippen LogP contribution in [0.1, 0.15) is 46.3 Å². The van der Waals surface area contributed by atoms with Crippen LogP contribution < -0.4 is 9.47 Å². The molecule has 0 N–H and O–H groups in total. The normalized spacial score (nSPS) is 14.2. The topological polar surface area (TPSA) is 38.8 Å². The number of likely N-dealkylation sites (tertiary alicyclic amines) is 1. The molecule has 0 saturated carbocycles. The Bertz CT molecular complexity index is 759. The van der Waals surface area contributed by atoms with E-state index in [9.17, 15) is 4.79 Å². The van der Waals surface area contributed by atoms with E-state index in [2.05, 4.69) is 19.9 Å². The van der Waals surface area contributed by atoms with Crippen molar-refractivity contribution in [1.82, 2.24) is 4.90 Å². The van der Waals surface area contributed by atoms with Crippen LogP contribution in [0, 0.1) is 13.8 Å². The van der Waals surface area contributed by atoms with Gasteiger partial charge in [0.1, 0.15) is 18.1 Å². The fourth-order valence-electron chi connectivity index (χ4n) is 3.48. The highest BCUT2D eigenvalue weighted by Gasteiger charge is 2.19. The largest absolute Gasteiger partial charge is 0.496 e. The molecule has 4 heteroatoms. The van der Waals surface area contributed by atoms with Gasteiger partial charge in [-0.25, -0.2) is 0 Å². The molecule has 0 aromatic heterocycles. The van der Waals surface area contributed by atoms with Crippen LogP contribution in [0.3, 0.4) is 0 Å². The van der Waals surface area contributed by atoms with Gasteiger partial charge in [0.15, 0.2) is 0 Å². The number of hydrogen-bond donors (Lipinski definition) is 0. The van der Waals surface area contributed by atoms with E-state index in [1.807, 2.05) is 35.2 Å². The number of benzene rings is 2. The van der Waals surface area contributed by atoms with Crippen molar-refractivity contribution >= 4 is 5.91 Å². The molecule has 26 heavy (non-hydrogen) atoms. The van der Waals surface area contributed by atoms with Crippen LogP contribution in [-0.4, -0.2) is 31.0 Å². The van der Waals surface area contributed by atoms with E-state index in [4.69, 9.17) is 9.47 Å². The summed E-state index contributed by atoms with van der Waals surface area (Å²) in [5, 5.41) is 0. The highest BCUT2D eigenvalue weighted by atomic mass is 16.5. The van der Waals surface area contributed by atoms with Crippen molar-refractivity contribution in [2.24, 2.45) is 0 Å². The van der Waals surface area contributed by atoms with E-state index in [1.165, 1.54) is 17.5 Å². The van der Waals surface area contributed by atoms with Crippen molar-refractivity contribution in [1.29, 1.82) is 0 Å². The predicted molar refractivity (Wildman–Crippen MR) is 103 cm³/mol. The van der Waals surface area contributed by atoms with E-state index in [0.29, 0.717) is 12.2 Å². The molecule has 1 heterocycles. The molecule has 0 bridgehead atoms. The van der Waals surface area contributed by atoms with Crippen LogP contribution in [0.4, 0.5) is 0 Å². The quantitative estimate of drug-likeness (QED) is 0.793. The van der Waals surface area contributed by atoms with Gasteiger partial charge < -0.3 is 14.4 Å². The van der Waals surface area contributed by atoms with Crippen molar-refractivity contribution in [3.05, 3.63) is 58.7 Å². The average molecular weight is 353 g/mol. The van der Waals surface area contributed by atoms with Crippen LogP contribution >= 0.6 is 0 Å². The number of aryl methyl sites for hydroxylation is 2. The van der Waals surface area contributed by atoms with E-state index in [1.54, 1.807) is 7.11 Å². The van der Waals surface area contributed by atoms with Crippen molar-refractivity contribution in [2.75, 3.05) is 20.2 Å². The molecule has 2 aromatic carbocycles. The zero-order valence-corrected chi connectivity index (χ0v) is 15.9. The Morgan fingerprint density at radius 3 is 2.35 bits per heavy atom. The van der Waals surface area contributed by atoms with Crippen LogP contribution in [0.25, 0.3) is 0 Å². The van der Waals surface area contributed by atoms with E-state index in [0.717, 1.165) is 43.0 Å². The minimum absolute atomic E-state index is 0.0972. The summed E-state index contributed by atoms with van der Waals surface area (Å²) < 4.78 is 11.4. The van der Waals surface area contributed by atoms with Gasteiger partial charge in [-0.2, -0.15) is 0 Å². The Balaban J connectivity index is 1.77. The summed E-state index contributed by atoms with van der Waals surface area (Å²) in [6.07, 6.45) is 3.39. The zero-order chi connectivity index (χ0) is 18.5. The molecular formula is C22H27NO3. The molecule has 4 nitrogen and oxygen atoms in total. The maximum absolute atomic E-state index is 12.8. The first-order valence-electron chi connectivity index (χ1n) is 9.24. The molecular weight excluding hydrogens is 326 g/mol. The number of carbonyl (C=O) groups excluding carboxylic acids is 1. The minimum atomic E-state index is 0.0972. The van der Waals surface area contributed by atoms with Gasteiger partial charge in [-0.05, 0) is 74.6 Å². The van der Waals surface area contributed by atoms with Gasteiger partial charge in [0.25, 0.3) is 5.91 Å². The number of methoxy groups -OCH3 is 1. The first-order chi connectivity index (χ1) is 12.6. The second-order valence-electron chi connectivity index (χ2n) is 6.99. The van der Waals surface area contributed by atoms with Crippen molar-refractivity contribution < 1.29 is 14.3 Å². The number of amides is 1. The number of nitrogens with zero attached hydrogens (tertiary/aromatic N) is 1. The molecule has 1 fully saturated rings. The number of piperidine rings is 1. The summed E-state index contributed by atoms with van der Waals surface area (Å²) in [7, 11) is 1.64. The Morgan fingerprint density at radius 2 is 1.69 bits per heavy atom. The highest BCUT2D eigenvalue weighted by Crippen LogP contribution is 2.24. The van der Waals surface area contributed by atoms with Crippen molar-refractivity contribution in [3.8, 4) is 11.5 Å². The first-order valence-corrected chi connectivity index (χ1v) is 9.24.